The van der Waals surface area contributed by atoms with Crippen LogP contribution in [-0.2, 0) is 9.59 Å². The summed E-state index contributed by atoms with van der Waals surface area (Å²) < 4.78 is 0. The van der Waals surface area contributed by atoms with Crippen LogP contribution in [0.4, 0.5) is 0 Å². The van der Waals surface area contributed by atoms with Crippen molar-refractivity contribution in [1.82, 2.24) is 4.90 Å². The van der Waals surface area contributed by atoms with Gasteiger partial charge in [-0.05, 0) is 6.92 Å². The van der Waals surface area contributed by atoms with Gasteiger partial charge < -0.3 is 5.11 Å². The van der Waals surface area contributed by atoms with Gasteiger partial charge in [-0.1, -0.05) is 6.08 Å². The van der Waals surface area contributed by atoms with E-state index in [9.17, 15) is 9.59 Å². The molecule has 0 radical (unpaired) electrons. The number of carboxylic acid groups (broad SMARTS) is 1. The number of nitrogens with zero attached hydrogens (tertiary/aromatic N) is 1. The van der Waals surface area contributed by atoms with Gasteiger partial charge in [0.2, 0.25) is 0 Å². The molecule has 0 spiro atoms. The molecular formula is C8H7NO3S. The molecule has 2 rings (SSSR count). The average Bonchev–Trinajstić information content (AvgIpc) is 2.45. The van der Waals surface area contributed by atoms with Crippen molar-refractivity contribution in [3.63, 3.8) is 0 Å². The molecule has 68 valence electrons. The molecule has 2 aliphatic rings. The summed E-state index contributed by atoms with van der Waals surface area (Å²) in [6, 6.07) is 0. The van der Waals surface area contributed by atoms with Crippen LogP contribution < -0.4 is 0 Å². The summed E-state index contributed by atoms with van der Waals surface area (Å²) in [4.78, 5) is 23.3. The molecule has 0 aromatic rings. The predicted molar refractivity (Wildman–Crippen MR) is 47.7 cm³/mol. The maximum absolute atomic E-state index is 11.3. The van der Waals surface area contributed by atoms with Crippen LogP contribution in [0.5, 0.6) is 0 Å². The SMILES string of the molecule is C/C=C1/C(=O)N2C(C(=O)O)=CS[C@@H]12. The third-order valence-corrected chi connectivity index (χ3v) is 3.15. The van der Waals surface area contributed by atoms with Crippen molar-refractivity contribution >= 4 is 23.6 Å². The zero-order valence-corrected chi connectivity index (χ0v) is 7.67. The molecule has 0 saturated carbocycles. The van der Waals surface area contributed by atoms with E-state index in [-0.39, 0.29) is 17.0 Å². The summed E-state index contributed by atoms with van der Waals surface area (Å²) in [6.07, 6.45) is 1.73. The van der Waals surface area contributed by atoms with Crippen molar-refractivity contribution in [3.8, 4) is 0 Å². The van der Waals surface area contributed by atoms with Crippen LogP contribution in [0, 0.1) is 0 Å². The molecule has 0 aliphatic carbocycles. The Kier molecular flexibility index (Phi) is 1.69. The zero-order chi connectivity index (χ0) is 9.59. The summed E-state index contributed by atoms with van der Waals surface area (Å²) >= 11 is 1.36. The van der Waals surface area contributed by atoms with E-state index in [4.69, 9.17) is 5.11 Å². The summed E-state index contributed by atoms with van der Waals surface area (Å²) in [6.45, 7) is 1.78. The lowest BCUT2D eigenvalue weighted by Gasteiger charge is -2.36. The van der Waals surface area contributed by atoms with Crippen molar-refractivity contribution in [2.75, 3.05) is 0 Å². The Hall–Kier alpha value is -1.23. The van der Waals surface area contributed by atoms with Crippen LogP contribution in [0.3, 0.4) is 0 Å². The van der Waals surface area contributed by atoms with Crippen molar-refractivity contribution in [1.29, 1.82) is 0 Å². The highest BCUT2D eigenvalue weighted by molar-refractivity contribution is 8.03. The van der Waals surface area contributed by atoms with Gasteiger partial charge in [-0.2, -0.15) is 0 Å². The highest BCUT2D eigenvalue weighted by atomic mass is 32.2. The fraction of sp³-hybridized carbons (Fsp3) is 0.250. The molecule has 1 N–H and O–H groups in total. The van der Waals surface area contributed by atoms with Crippen LogP contribution in [0.25, 0.3) is 0 Å². The van der Waals surface area contributed by atoms with Crippen LogP contribution in [0.2, 0.25) is 0 Å². The Morgan fingerprint density at radius 2 is 2.46 bits per heavy atom. The summed E-state index contributed by atoms with van der Waals surface area (Å²) in [5, 5.41) is 10.1. The largest absolute Gasteiger partial charge is 0.477 e. The van der Waals surface area contributed by atoms with E-state index in [0.717, 1.165) is 0 Å². The first-order chi connectivity index (χ1) is 6.16. The van der Waals surface area contributed by atoms with Crippen LogP contribution in [0.15, 0.2) is 22.8 Å². The molecule has 1 fully saturated rings. The van der Waals surface area contributed by atoms with E-state index in [1.807, 2.05) is 0 Å². The minimum Gasteiger partial charge on any atom is -0.477 e. The van der Waals surface area contributed by atoms with Crippen LogP contribution >= 0.6 is 11.8 Å². The third kappa shape index (κ3) is 0.935. The van der Waals surface area contributed by atoms with E-state index in [1.165, 1.54) is 22.1 Å². The number of rotatable bonds is 1. The first-order valence-electron chi connectivity index (χ1n) is 3.75. The molecule has 0 aromatic heterocycles. The predicted octanol–water partition coefficient (Wildman–Crippen LogP) is 0.774. The molecule has 0 aromatic carbocycles. The Morgan fingerprint density at radius 3 is 3.00 bits per heavy atom. The second kappa shape index (κ2) is 2.63. The highest BCUT2D eigenvalue weighted by Crippen LogP contribution is 2.44. The molecule has 2 heterocycles. The number of fused-ring (bicyclic) bond motifs is 1. The smallest absolute Gasteiger partial charge is 0.353 e. The number of carboxylic acids is 1. The highest BCUT2D eigenvalue weighted by Gasteiger charge is 2.48. The molecule has 1 amide bonds. The standard InChI is InChI=1S/C8H7NO3S/c1-2-4-6(10)9-5(8(11)12)3-13-7(4)9/h2-3,7H,1H3,(H,11,12)/b4-2-/t7-/m0/s1. The second-order valence-electron chi connectivity index (χ2n) is 2.72. The number of aliphatic carboxylic acids is 1. The number of hydrogen-bond donors (Lipinski definition) is 1. The number of hydrogen-bond acceptors (Lipinski definition) is 3. The van der Waals surface area contributed by atoms with E-state index in [2.05, 4.69) is 0 Å². The maximum Gasteiger partial charge on any atom is 0.353 e. The summed E-state index contributed by atoms with van der Waals surface area (Å²) in [5.41, 5.74) is 0.781. The van der Waals surface area contributed by atoms with Gasteiger partial charge in [-0.15, -0.1) is 11.8 Å². The molecule has 4 nitrogen and oxygen atoms in total. The quantitative estimate of drug-likeness (QED) is 0.498. The first kappa shape index (κ1) is 8.37. The molecule has 1 atom stereocenters. The Morgan fingerprint density at radius 1 is 1.77 bits per heavy atom. The van der Waals surface area contributed by atoms with Gasteiger partial charge in [-0.3, -0.25) is 9.69 Å². The number of allylic oxidation sites excluding steroid dienone is 1. The maximum atomic E-state index is 11.3. The van der Waals surface area contributed by atoms with Crippen LogP contribution in [-0.4, -0.2) is 27.3 Å². The number of thioether (sulfide) groups is 1. The van der Waals surface area contributed by atoms with Crippen molar-refractivity contribution in [2.24, 2.45) is 0 Å². The van der Waals surface area contributed by atoms with Crippen molar-refractivity contribution in [2.45, 2.75) is 12.3 Å². The fourth-order valence-corrected chi connectivity index (χ4v) is 2.59. The number of amides is 1. The third-order valence-electron chi connectivity index (χ3n) is 2.06. The Labute approximate surface area is 78.9 Å². The Balaban J connectivity index is 2.28. The van der Waals surface area contributed by atoms with Crippen LogP contribution in [0.1, 0.15) is 6.92 Å². The van der Waals surface area contributed by atoms with Crippen molar-refractivity contribution < 1.29 is 14.7 Å². The zero-order valence-electron chi connectivity index (χ0n) is 6.85. The average molecular weight is 197 g/mol. The monoisotopic (exact) mass is 197 g/mol. The molecule has 0 bridgehead atoms. The lowest BCUT2D eigenvalue weighted by Crippen LogP contribution is -2.51. The van der Waals surface area contributed by atoms with E-state index in [1.54, 1.807) is 13.0 Å². The Bertz CT molecular complexity index is 358. The van der Waals surface area contributed by atoms with Gasteiger partial charge in [0.05, 0.1) is 0 Å². The topological polar surface area (TPSA) is 57.6 Å². The molecule has 1 saturated heterocycles. The minimum atomic E-state index is -1.04. The lowest BCUT2D eigenvalue weighted by atomic mass is 10.1. The molecular weight excluding hydrogens is 190 g/mol. The summed E-state index contributed by atoms with van der Waals surface area (Å²) in [5.74, 6) is -1.23. The number of carbonyl (C=O) groups is 2. The van der Waals surface area contributed by atoms with Gasteiger partial charge in [0, 0.05) is 11.0 Å². The molecule has 2 aliphatic heterocycles. The summed E-state index contributed by atoms with van der Waals surface area (Å²) in [7, 11) is 0. The lowest BCUT2D eigenvalue weighted by molar-refractivity contribution is -0.141. The number of carbonyl (C=O) groups excluding carboxylic acids is 1. The van der Waals surface area contributed by atoms with Gasteiger partial charge >= 0.3 is 5.97 Å². The molecule has 5 heteroatoms. The van der Waals surface area contributed by atoms with Gasteiger partial charge in [0.25, 0.3) is 5.91 Å². The van der Waals surface area contributed by atoms with Gasteiger partial charge in [0.1, 0.15) is 11.1 Å². The van der Waals surface area contributed by atoms with E-state index >= 15 is 0 Å². The molecule has 13 heavy (non-hydrogen) atoms. The fourth-order valence-electron chi connectivity index (χ4n) is 1.40. The van der Waals surface area contributed by atoms with E-state index < -0.39 is 5.97 Å². The van der Waals surface area contributed by atoms with E-state index in [0.29, 0.717) is 5.57 Å². The van der Waals surface area contributed by atoms with Crippen molar-refractivity contribution in [3.05, 3.63) is 22.8 Å². The normalized spacial score (nSPS) is 28.5. The molecule has 0 unspecified atom stereocenters. The minimum absolute atomic E-state index is 0.0885. The number of β-lactam (4-membered cyclic amide) rings is 1. The second-order valence-corrected chi connectivity index (χ2v) is 3.67. The first-order valence-corrected chi connectivity index (χ1v) is 4.69. The van der Waals surface area contributed by atoms with Gasteiger partial charge in [-0.25, -0.2) is 4.79 Å². The van der Waals surface area contributed by atoms with Gasteiger partial charge in [0.15, 0.2) is 0 Å².